The number of hydrogen-bond acceptors (Lipinski definition) is 5. The number of carbonyl (C=O) groups excluding carboxylic acids is 1. The molecule has 0 bridgehead atoms. The van der Waals surface area contributed by atoms with Gasteiger partial charge in [-0.2, -0.15) is 0 Å². The van der Waals surface area contributed by atoms with Gasteiger partial charge in [-0.1, -0.05) is 0 Å². The highest BCUT2D eigenvalue weighted by atomic mass is 16.3. The Bertz CT molecular complexity index is 474. The standard InChI is InChI=1S/C9H11N5O2/c10-8-6(9(11)16)7(15)5(14-8)1-4-2-12-3-13-4/h2-3,5,15H,1H2,(H2,10,14)(H2,11,16)(H,12,13)/t5-/m0/s1. The SMILES string of the molecule is NC(=O)C1=C(O)[C@H](Cc2cnc[nH]2)N=C1N. The zero-order valence-electron chi connectivity index (χ0n) is 8.34. The second kappa shape index (κ2) is 3.69. The van der Waals surface area contributed by atoms with E-state index in [4.69, 9.17) is 11.5 Å². The summed E-state index contributed by atoms with van der Waals surface area (Å²) in [6.07, 6.45) is 3.53. The number of aliphatic hydroxyl groups is 1. The van der Waals surface area contributed by atoms with Crippen molar-refractivity contribution in [3.63, 3.8) is 0 Å². The topological polar surface area (TPSA) is 130 Å². The quantitative estimate of drug-likeness (QED) is 0.520. The molecule has 2 heterocycles. The van der Waals surface area contributed by atoms with Gasteiger partial charge in [0.25, 0.3) is 5.91 Å². The first-order chi connectivity index (χ1) is 7.59. The molecule has 0 aromatic carbocycles. The molecule has 1 aliphatic rings. The van der Waals surface area contributed by atoms with E-state index in [1.165, 1.54) is 6.33 Å². The van der Waals surface area contributed by atoms with Crippen molar-refractivity contribution in [2.75, 3.05) is 0 Å². The number of nitrogens with one attached hydrogen (secondary N) is 1. The highest BCUT2D eigenvalue weighted by Crippen LogP contribution is 2.20. The van der Waals surface area contributed by atoms with Crippen LogP contribution in [0.15, 0.2) is 28.8 Å². The Labute approximate surface area is 90.9 Å². The Balaban J connectivity index is 2.23. The van der Waals surface area contributed by atoms with Gasteiger partial charge in [-0.3, -0.25) is 9.79 Å². The summed E-state index contributed by atoms with van der Waals surface area (Å²) in [6, 6.07) is -0.567. The summed E-state index contributed by atoms with van der Waals surface area (Å²) >= 11 is 0. The van der Waals surface area contributed by atoms with Gasteiger partial charge in [0.1, 0.15) is 23.2 Å². The molecule has 1 aromatic rings. The van der Waals surface area contributed by atoms with E-state index in [-0.39, 0.29) is 17.2 Å². The molecule has 84 valence electrons. The van der Waals surface area contributed by atoms with Gasteiger partial charge in [-0.25, -0.2) is 4.98 Å². The monoisotopic (exact) mass is 221 g/mol. The third-order valence-electron chi connectivity index (χ3n) is 2.34. The summed E-state index contributed by atoms with van der Waals surface area (Å²) in [6.45, 7) is 0. The predicted octanol–water partition coefficient (Wildman–Crippen LogP) is -1.01. The number of imidazole rings is 1. The van der Waals surface area contributed by atoms with Crippen LogP contribution in [0.4, 0.5) is 0 Å². The van der Waals surface area contributed by atoms with Crippen molar-refractivity contribution in [2.45, 2.75) is 12.5 Å². The van der Waals surface area contributed by atoms with Gasteiger partial charge < -0.3 is 21.6 Å². The summed E-state index contributed by atoms with van der Waals surface area (Å²) < 4.78 is 0. The lowest BCUT2D eigenvalue weighted by atomic mass is 10.1. The zero-order chi connectivity index (χ0) is 11.7. The molecule has 1 aromatic heterocycles. The molecule has 0 aliphatic carbocycles. The fraction of sp³-hybridized carbons (Fsp3) is 0.222. The van der Waals surface area contributed by atoms with E-state index in [9.17, 15) is 9.90 Å². The van der Waals surface area contributed by atoms with Gasteiger partial charge in [0.15, 0.2) is 0 Å². The zero-order valence-corrected chi connectivity index (χ0v) is 8.34. The number of aliphatic imine (C=N–C) groups is 1. The predicted molar refractivity (Wildman–Crippen MR) is 56.6 cm³/mol. The van der Waals surface area contributed by atoms with Crippen LogP contribution >= 0.6 is 0 Å². The number of nitrogens with two attached hydrogens (primary N) is 2. The Kier molecular flexibility index (Phi) is 2.35. The molecule has 7 nitrogen and oxygen atoms in total. The van der Waals surface area contributed by atoms with Gasteiger partial charge in [-0.15, -0.1) is 0 Å². The molecular formula is C9H11N5O2. The number of aliphatic hydroxyl groups excluding tert-OH is 1. The maximum Gasteiger partial charge on any atom is 0.255 e. The van der Waals surface area contributed by atoms with Crippen molar-refractivity contribution in [3.05, 3.63) is 29.6 Å². The number of carbonyl (C=O) groups is 1. The molecule has 7 heteroatoms. The molecular weight excluding hydrogens is 210 g/mol. The van der Waals surface area contributed by atoms with E-state index in [2.05, 4.69) is 15.0 Å². The molecule has 1 atom stereocenters. The summed E-state index contributed by atoms with van der Waals surface area (Å²) in [5.74, 6) is -0.972. The van der Waals surface area contributed by atoms with E-state index in [1.807, 2.05) is 0 Å². The number of aromatic amines is 1. The lowest BCUT2D eigenvalue weighted by Crippen LogP contribution is -2.25. The van der Waals surface area contributed by atoms with Crippen LogP contribution in [-0.2, 0) is 11.2 Å². The van der Waals surface area contributed by atoms with Crippen LogP contribution in [0.25, 0.3) is 0 Å². The first-order valence-electron chi connectivity index (χ1n) is 4.63. The van der Waals surface area contributed by atoms with Crippen molar-refractivity contribution in [2.24, 2.45) is 16.5 Å². The van der Waals surface area contributed by atoms with Crippen LogP contribution in [-0.4, -0.2) is 32.9 Å². The summed E-state index contributed by atoms with van der Waals surface area (Å²) in [4.78, 5) is 21.7. The average Bonchev–Trinajstić information content (AvgIpc) is 2.76. The second-order valence-corrected chi connectivity index (χ2v) is 3.44. The van der Waals surface area contributed by atoms with Crippen LogP contribution in [0.1, 0.15) is 5.69 Å². The van der Waals surface area contributed by atoms with Crippen molar-refractivity contribution >= 4 is 11.7 Å². The van der Waals surface area contributed by atoms with Crippen LogP contribution in [0.2, 0.25) is 0 Å². The van der Waals surface area contributed by atoms with Crippen molar-refractivity contribution in [3.8, 4) is 0 Å². The van der Waals surface area contributed by atoms with Crippen molar-refractivity contribution in [1.29, 1.82) is 0 Å². The van der Waals surface area contributed by atoms with Gasteiger partial charge in [0.2, 0.25) is 0 Å². The van der Waals surface area contributed by atoms with Crippen LogP contribution < -0.4 is 11.5 Å². The third-order valence-corrected chi connectivity index (χ3v) is 2.34. The number of aromatic nitrogens is 2. The molecule has 0 spiro atoms. The maximum absolute atomic E-state index is 11.0. The fourth-order valence-corrected chi connectivity index (χ4v) is 1.59. The molecule has 0 radical (unpaired) electrons. The molecule has 1 aliphatic heterocycles. The number of amidine groups is 1. The van der Waals surface area contributed by atoms with Gasteiger partial charge in [-0.05, 0) is 0 Å². The molecule has 1 amide bonds. The summed E-state index contributed by atoms with van der Waals surface area (Å²) in [7, 11) is 0. The van der Waals surface area contributed by atoms with Gasteiger partial charge >= 0.3 is 0 Å². The van der Waals surface area contributed by atoms with Crippen LogP contribution in [0.3, 0.4) is 0 Å². The maximum atomic E-state index is 11.0. The Morgan fingerprint density at radius 1 is 1.62 bits per heavy atom. The fourth-order valence-electron chi connectivity index (χ4n) is 1.59. The highest BCUT2D eigenvalue weighted by molar-refractivity contribution is 6.21. The lowest BCUT2D eigenvalue weighted by molar-refractivity contribution is -0.114. The number of hydrogen-bond donors (Lipinski definition) is 4. The average molecular weight is 221 g/mol. The number of nitrogens with zero attached hydrogens (tertiary/aromatic N) is 2. The van der Waals surface area contributed by atoms with E-state index in [0.29, 0.717) is 6.42 Å². The second-order valence-electron chi connectivity index (χ2n) is 3.44. The first-order valence-corrected chi connectivity index (χ1v) is 4.63. The number of amides is 1. The van der Waals surface area contributed by atoms with Crippen LogP contribution in [0.5, 0.6) is 0 Å². The van der Waals surface area contributed by atoms with Crippen molar-refractivity contribution < 1.29 is 9.90 Å². The first kappa shape index (κ1) is 10.2. The molecule has 2 rings (SSSR count). The molecule has 0 saturated carbocycles. The van der Waals surface area contributed by atoms with Crippen molar-refractivity contribution in [1.82, 2.24) is 9.97 Å². The van der Waals surface area contributed by atoms with Gasteiger partial charge in [0, 0.05) is 18.3 Å². The molecule has 0 fully saturated rings. The third kappa shape index (κ3) is 1.62. The van der Waals surface area contributed by atoms with Crippen LogP contribution in [0, 0.1) is 0 Å². The lowest BCUT2D eigenvalue weighted by Gasteiger charge is -2.05. The summed E-state index contributed by atoms with van der Waals surface area (Å²) in [5, 5.41) is 9.74. The minimum atomic E-state index is -0.772. The largest absolute Gasteiger partial charge is 0.509 e. The number of H-pyrrole nitrogens is 1. The van der Waals surface area contributed by atoms with Gasteiger partial charge in [0.05, 0.1) is 6.33 Å². The Hall–Kier alpha value is -2.31. The normalized spacial score (nSPS) is 20.0. The highest BCUT2D eigenvalue weighted by Gasteiger charge is 2.30. The Morgan fingerprint density at radius 3 is 2.88 bits per heavy atom. The molecule has 6 N–H and O–H groups in total. The smallest absolute Gasteiger partial charge is 0.255 e. The molecule has 16 heavy (non-hydrogen) atoms. The van der Waals surface area contributed by atoms with E-state index < -0.39 is 11.9 Å². The molecule has 0 saturated heterocycles. The minimum absolute atomic E-state index is 0.0190. The van der Waals surface area contributed by atoms with E-state index in [1.54, 1.807) is 6.20 Å². The van der Waals surface area contributed by atoms with E-state index in [0.717, 1.165) is 5.69 Å². The minimum Gasteiger partial charge on any atom is -0.509 e. The summed E-state index contributed by atoms with van der Waals surface area (Å²) in [5.41, 5.74) is 11.3. The molecule has 0 unspecified atom stereocenters. The van der Waals surface area contributed by atoms with E-state index >= 15 is 0 Å². The number of rotatable bonds is 3. The number of primary amides is 1. The Morgan fingerprint density at radius 2 is 2.38 bits per heavy atom.